The van der Waals surface area contributed by atoms with Crippen LogP contribution in [0.3, 0.4) is 0 Å². The largest absolute Gasteiger partial charge is 0.495 e. The Bertz CT molecular complexity index is 384. The summed E-state index contributed by atoms with van der Waals surface area (Å²) >= 11 is 3.37. The number of isocyanates is 1. The Hall–Kier alpha value is -1.12. The topological polar surface area (TPSA) is 38.7 Å². The molecule has 0 aliphatic carbocycles. The number of carbonyl (C=O) groups excluding carboxylic acids is 1. The minimum absolute atomic E-state index is 0.304. The van der Waals surface area contributed by atoms with E-state index in [2.05, 4.69) is 20.9 Å². The zero-order valence-electron chi connectivity index (χ0n) is 8.00. The number of benzene rings is 1. The standard InChI is InChI=1S/C10H10BrNO2/c1-7-3-4-9(11)10(14-2)8(7)5-12-6-13/h3-4H,5H2,1-2H3. The third kappa shape index (κ3) is 2.22. The molecule has 0 radical (unpaired) electrons. The van der Waals surface area contributed by atoms with E-state index in [9.17, 15) is 4.79 Å². The third-order valence-corrected chi connectivity index (χ3v) is 2.58. The van der Waals surface area contributed by atoms with Crippen LogP contribution < -0.4 is 4.74 Å². The van der Waals surface area contributed by atoms with Gasteiger partial charge in [-0.3, -0.25) is 0 Å². The van der Waals surface area contributed by atoms with E-state index < -0.39 is 0 Å². The molecule has 0 N–H and O–H groups in total. The molecule has 0 heterocycles. The highest BCUT2D eigenvalue weighted by atomic mass is 79.9. The summed E-state index contributed by atoms with van der Waals surface area (Å²) in [4.78, 5) is 13.6. The Morgan fingerprint density at radius 2 is 2.29 bits per heavy atom. The first kappa shape index (κ1) is 11.0. The molecule has 0 saturated carbocycles. The van der Waals surface area contributed by atoms with E-state index in [0.29, 0.717) is 6.54 Å². The number of hydrogen-bond donors (Lipinski definition) is 0. The summed E-state index contributed by atoms with van der Waals surface area (Å²) in [6.45, 7) is 2.25. The van der Waals surface area contributed by atoms with Crippen molar-refractivity contribution >= 4 is 22.0 Å². The molecule has 3 nitrogen and oxygen atoms in total. The number of methoxy groups -OCH3 is 1. The van der Waals surface area contributed by atoms with E-state index in [0.717, 1.165) is 21.3 Å². The van der Waals surface area contributed by atoms with Crippen LogP contribution in [-0.4, -0.2) is 13.2 Å². The molecule has 0 unspecified atom stereocenters. The van der Waals surface area contributed by atoms with Gasteiger partial charge in [0.25, 0.3) is 0 Å². The van der Waals surface area contributed by atoms with Crippen molar-refractivity contribution in [3.05, 3.63) is 27.7 Å². The Labute approximate surface area is 90.9 Å². The van der Waals surface area contributed by atoms with Gasteiger partial charge < -0.3 is 4.74 Å². The zero-order valence-corrected chi connectivity index (χ0v) is 9.59. The van der Waals surface area contributed by atoms with Crippen LogP contribution in [0.25, 0.3) is 0 Å². The number of rotatable bonds is 3. The Kier molecular flexibility index (Phi) is 3.86. The van der Waals surface area contributed by atoms with E-state index in [4.69, 9.17) is 4.74 Å². The number of aliphatic imine (C=N–C) groups is 1. The van der Waals surface area contributed by atoms with Gasteiger partial charge in [0, 0.05) is 5.56 Å². The van der Waals surface area contributed by atoms with E-state index >= 15 is 0 Å². The summed E-state index contributed by atoms with van der Waals surface area (Å²) in [6.07, 6.45) is 1.52. The molecule has 0 aliphatic rings. The lowest BCUT2D eigenvalue weighted by molar-refractivity contribution is 0.406. The van der Waals surface area contributed by atoms with Gasteiger partial charge in [0.1, 0.15) is 5.75 Å². The molecule has 0 spiro atoms. The van der Waals surface area contributed by atoms with Crippen LogP contribution in [0.1, 0.15) is 11.1 Å². The summed E-state index contributed by atoms with van der Waals surface area (Å²) in [7, 11) is 1.59. The lowest BCUT2D eigenvalue weighted by Gasteiger charge is -2.10. The molecule has 0 aliphatic heterocycles. The fourth-order valence-corrected chi connectivity index (χ4v) is 1.76. The summed E-state index contributed by atoms with van der Waals surface area (Å²) in [6, 6.07) is 3.85. The second kappa shape index (κ2) is 4.94. The zero-order chi connectivity index (χ0) is 10.6. The maximum atomic E-state index is 10.0. The maximum Gasteiger partial charge on any atom is 0.235 e. The molecule has 0 atom stereocenters. The Morgan fingerprint density at radius 1 is 1.57 bits per heavy atom. The predicted molar refractivity (Wildman–Crippen MR) is 57.3 cm³/mol. The highest BCUT2D eigenvalue weighted by Gasteiger charge is 2.09. The molecule has 14 heavy (non-hydrogen) atoms. The maximum absolute atomic E-state index is 10.0. The molecule has 0 saturated heterocycles. The first-order valence-electron chi connectivity index (χ1n) is 4.06. The van der Waals surface area contributed by atoms with Crippen molar-refractivity contribution in [2.24, 2.45) is 4.99 Å². The van der Waals surface area contributed by atoms with E-state index in [-0.39, 0.29) is 0 Å². The normalized spacial score (nSPS) is 9.36. The van der Waals surface area contributed by atoms with Gasteiger partial charge in [0.05, 0.1) is 18.1 Å². The van der Waals surface area contributed by atoms with Gasteiger partial charge in [-0.05, 0) is 34.5 Å². The Balaban J connectivity index is 3.21. The summed E-state index contributed by atoms with van der Waals surface area (Å²) in [5.74, 6) is 0.726. The highest BCUT2D eigenvalue weighted by molar-refractivity contribution is 9.10. The van der Waals surface area contributed by atoms with Crippen molar-refractivity contribution in [2.45, 2.75) is 13.5 Å². The SMILES string of the molecule is COc1c(Br)ccc(C)c1CN=C=O. The second-order valence-electron chi connectivity index (χ2n) is 2.78. The van der Waals surface area contributed by atoms with E-state index in [1.165, 1.54) is 6.08 Å². The number of aryl methyl sites for hydroxylation is 1. The molecule has 0 fully saturated rings. The second-order valence-corrected chi connectivity index (χ2v) is 3.64. The number of halogens is 1. The van der Waals surface area contributed by atoms with E-state index in [1.54, 1.807) is 7.11 Å². The molecular formula is C10H10BrNO2. The first-order chi connectivity index (χ1) is 6.70. The average molecular weight is 256 g/mol. The summed E-state index contributed by atoms with van der Waals surface area (Å²) in [5, 5.41) is 0. The molecule has 74 valence electrons. The number of hydrogen-bond acceptors (Lipinski definition) is 3. The van der Waals surface area contributed by atoms with Gasteiger partial charge in [-0.15, -0.1) is 0 Å². The highest BCUT2D eigenvalue weighted by Crippen LogP contribution is 2.31. The quantitative estimate of drug-likeness (QED) is 0.615. The lowest BCUT2D eigenvalue weighted by atomic mass is 10.1. The van der Waals surface area contributed by atoms with Crippen LogP contribution in [0.15, 0.2) is 21.6 Å². The van der Waals surface area contributed by atoms with Gasteiger partial charge in [0.15, 0.2) is 0 Å². The molecule has 1 rings (SSSR count). The van der Waals surface area contributed by atoms with Crippen LogP contribution in [0, 0.1) is 6.92 Å². The van der Waals surface area contributed by atoms with Crippen LogP contribution >= 0.6 is 15.9 Å². The fraction of sp³-hybridized carbons (Fsp3) is 0.300. The molecule has 1 aromatic carbocycles. The summed E-state index contributed by atoms with van der Waals surface area (Å²) < 4.78 is 6.08. The van der Waals surface area contributed by atoms with E-state index in [1.807, 2.05) is 19.1 Å². The van der Waals surface area contributed by atoms with Gasteiger partial charge in [-0.2, -0.15) is 0 Å². The van der Waals surface area contributed by atoms with Gasteiger partial charge in [0.2, 0.25) is 6.08 Å². The third-order valence-electron chi connectivity index (χ3n) is 1.95. The monoisotopic (exact) mass is 255 g/mol. The van der Waals surface area contributed by atoms with Gasteiger partial charge >= 0.3 is 0 Å². The van der Waals surface area contributed by atoms with Crippen LogP contribution in [0.2, 0.25) is 0 Å². The van der Waals surface area contributed by atoms with Crippen LogP contribution in [0.4, 0.5) is 0 Å². The molecule has 4 heteroatoms. The smallest absolute Gasteiger partial charge is 0.235 e. The number of ether oxygens (including phenoxy) is 1. The fourth-order valence-electron chi connectivity index (χ4n) is 1.23. The summed E-state index contributed by atoms with van der Waals surface area (Å²) in [5.41, 5.74) is 1.95. The molecular weight excluding hydrogens is 246 g/mol. The minimum Gasteiger partial charge on any atom is -0.495 e. The molecule has 0 amide bonds. The molecule has 0 bridgehead atoms. The Morgan fingerprint density at radius 3 is 2.86 bits per heavy atom. The molecule has 0 aromatic heterocycles. The van der Waals surface area contributed by atoms with Crippen LogP contribution in [-0.2, 0) is 11.3 Å². The van der Waals surface area contributed by atoms with Crippen molar-refractivity contribution in [3.63, 3.8) is 0 Å². The van der Waals surface area contributed by atoms with Crippen molar-refractivity contribution in [1.29, 1.82) is 0 Å². The van der Waals surface area contributed by atoms with Crippen molar-refractivity contribution in [1.82, 2.24) is 0 Å². The number of nitrogens with zero attached hydrogens (tertiary/aromatic N) is 1. The van der Waals surface area contributed by atoms with Crippen molar-refractivity contribution in [2.75, 3.05) is 7.11 Å². The predicted octanol–water partition coefficient (Wildman–Crippen LogP) is 2.60. The van der Waals surface area contributed by atoms with Crippen LogP contribution in [0.5, 0.6) is 5.75 Å². The first-order valence-corrected chi connectivity index (χ1v) is 4.85. The van der Waals surface area contributed by atoms with Crippen molar-refractivity contribution in [3.8, 4) is 5.75 Å². The molecule has 1 aromatic rings. The lowest BCUT2D eigenvalue weighted by Crippen LogP contribution is -1.95. The van der Waals surface area contributed by atoms with Crippen molar-refractivity contribution < 1.29 is 9.53 Å². The van der Waals surface area contributed by atoms with Gasteiger partial charge in [-0.1, -0.05) is 6.07 Å². The average Bonchev–Trinajstić information content (AvgIpc) is 2.19. The van der Waals surface area contributed by atoms with Gasteiger partial charge in [-0.25, -0.2) is 9.79 Å². The minimum atomic E-state index is 0.304.